The maximum Gasteiger partial charge on any atom is 0.325 e. The second-order valence-electron chi connectivity index (χ2n) is 6.76. The smallest absolute Gasteiger partial charge is 0.325 e. The van der Waals surface area contributed by atoms with Gasteiger partial charge in [-0.15, -0.1) is 11.3 Å². The topological polar surface area (TPSA) is 83.1 Å². The second-order valence-corrected chi connectivity index (χ2v) is 8.05. The highest BCUT2D eigenvalue weighted by Crippen LogP contribution is 2.18. The molecule has 0 aliphatic carbocycles. The summed E-state index contributed by atoms with van der Waals surface area (Å²) in [6.45, 7) is 2.17. The lowest BCUT2D eigenvalue weighted by Gasteiger charge is -2.06. The van der Waals surface area contributed by atoms with Gasteiger partial charge in [0.1, 0.15) is 0 Å². The monoisotopic (exact) mass is 442 g/mol. The third-order valence-electron chi connectivity index (χ3n) is 4.27. The number of hydrogen-bond donors (Lipinski definition) is 3. The molecule has 0 atom stereocenters. The first-order valence-corrected chi connectivity index (χ1v) is 10.9. The van der Waals surface area contributed by atoms with Crippen LogP contribution < -0.4 is 16.0 Å². The molecule has 0 radical (unpaired) electrons. The summed E-state index contributed by atoms with van der Waals surface area (Å²) in [6.07, 6.45) is 3.49. The Morgan fingerprint density at radius 1 is 0.967 bits per heavy atom. The van der Waals surface area contributed by atoms with E-state index in [-0.39, 0.29) is 12.3 Å². The number of anilines is 3. The number of rotatable bonds is 8. The number of amides is 3. The lowest BCUT2D eigenvalue weighted by Crippen LogP contribution is -2.19. The highest BCUT2D eigenvalue weighted by atomic mass is 35.5. The molecular weight excluding hydrogens is 420 g/mol. The molecule has 0 aliphatic heterocycles. The average Bonchev–Trinajstić information content (AvgIpc) is 3.15. The lowest BCUT2D eigenvalue weighted by atomic mass is 10.1. The quantitative estimate of drug-likeness (QED) is 0.402. The van der Waals surface area contributed by atoms with Crippen molar-refractivity contribution in [3.05, 3.63) is 70.2 Å². The van der Waals surface area contributed by atoms with Crippen LogP contribution in [0.25, 0.3) is 0 Å². The molecule has 30 heavy (non-hydrogen) atoms. The number of nitrogens with one attached hydrogen (secondary N) is 3. The Kier molecular flexibility index (Phi) is 7.82. The van der Waals surface area contributed by atoms with Crippen LogP contribution in [0.3, 0.4) is 0 Å². The number of hydrogen-bond acceptors (Lipinski definition) is 4. The van der Waals surface area contributed by atoms with Crippen molar-refractivity contribution in [3.8, 4) is 0 Å². The average molecular weight is 443 g/mol. The summed E-state index contributed by atoms with van der Waals surface area (Å²) in [4.78, 5) is 28.6. The third kappa shape index (κ3) is 6.86. The van der Waals surface area contributed by atoms with E-state index in [4.69, 9.17) is 11.6 Å². The second kappa shape index (κ2) is 10.8. The number of unbranched alkanes of at least 4 members (excludes halogenated alkanes) is 1. The molecule has 8 heteroatoms. The fraction of sp³-hybridized carbons (Fsp3) is 0.227. The Labute approximate surface area is 184 Å². The molecule has 1 aromatic heterocycles. The standard InChI is InChI=1S/C22H23ClN4O2S/c1-2-3-4-15-5-9-17(10-6-15)24-20(28)13-19-14-30-22(26-19)27-21(29)25-18-11-7-16(23)8-12-18/h5-12,14H,2-4,13H2,1H3,(H,24,28)(H2,25,26,27,29). The van der Waals surface area contributed by atoms with E-state index in [1.54, 1.807) is 29.6 Å². The maximum atomic E-state index is 12.3. The van der Waals surface area contributed by atoms with Gasteiger partial charge in [-0.2, -0.15) is 0 Å². The predicted molar refractivity (Wildman–Crippen MR) is 124 cm³/mol. The molecule has 0 saturated heterocycles. The van der Waals surface area contributed by atoms with Crippen LogP contribution in [0.5, 0.6) is 0 Å². The highest BCUT2D eigenvalue weighted by molar-refractivity contribution is 7.14. The van der Waals surface area contributed by atoms with Crippen LogP contribution in [0.2, 0.25) is 5.02 Å². The molecule has 3 amide bonds. The van der Waals surface area contributed by atoms with E-state index >= 15 is 0 Å². The fourth-order valence-corrected chi connectivity index (χ4v) is 3.57. The van der Waals surface area contributed by atoms with Crippen LogP contribution in [0.1, 0.15) is 31.0 Å². The minimum absolute atomic E-state index is 0.134. The normalized spacial score (nSPS) is 10.5. The van der Waals surface area contributed by atoms with Gasteiger partial charge in [0.2, 0.25) is 5.91 Å². The van der Waals surface area contributed by atoms with Crippen LogP contribution in [0.4, 0.5) is 21.3 Å². The Bertz CT molecular complexity index is 987. The van der Waals surface area contributed by atoms with Gasteiger partial charge in [0.15, 0.2) is 5.13 Å². The summed E-state index contributed by atoms with van der Waals surface area (Å²) in [6, 6.07) is 14.3. The SMILES string of the molecule is CCCCc1ccc(NC(=O)Cc2csc(NC(=O)Nc3ccc(Cl)cc3)n2)cc1. The minimum Gasteiger partial charge on any atom is -0.326 e. The molecule has 1 heterocycles. The number of carbonyl (C=O) groups excluding carboxylic acids is 2. The van der Waals surface area contributed by atoms with Crippen molar-refractivity contribution in [1.29, 1.82) is 0 Å². The van der Waals surface area contributed by atoms with Gasteiger partial charge in [-0.3, -0.25) is 10.1 Å². The molecule has 0 unspecified atom stereocenters. The lowest BCUT2D eigenvalue weighted by molar-refractivity contribution is -0.115. The molecule has 0 bridgehead atoms. The molecule has 3 rings (SSSR count). The number of nitrogens with zero attached hydrogens (tertiary/aromatic N) is 1. The van der Waals surface area contributed by atoms with Crippen molar-refractivity contribution < 1.29 is 9.59 Å². The number of urea groups is 1. The van der Waals surface area contributed by atoms with Crippen LogP contribution >= 0.6 is 22.9 Å². The fourth-order valence-electron chi connectivity index (χ4n) is 2.74. The van der Waals surface area contributed by atoms with Crippen molar-refractivity contribution in [2.45, 2.75) is 32.6 Å². The number of benzene rings is 2. The third-order valence-corrected chi connectivity index (χ3v) is 5.33. The highest BCUT2D eigenvalue weighted by Gasteiger charge is 2.10. The molecule has 0 aliphatic rings. The molecule has 3 aromatic rings. The number of thiazole rings is 1. The molecular formula is C22H23ClN4O2S. The minimum atomic E-state index is -0.411. The van der Waals surface area contributed by atoms with E-state index in [1.165, 1.54) is 16.9 Å². The van der Waals surface area contributed by atoms with Crippen LogP contribution in [-0.2, 0) is 17.6 Å². The van der Waals surface area contributed by atoms with E-state index in [2.05, 4.69) is 27.9 Å². The summed E-state index contributed by atoms with van der Waals surface area (Å²) in [7, 11) is 0. The molecule has 6 nitrogen and oxygen atoms in total. The Morgan fingerprint density at radius 3 is 2.33 bits per heavy atom. The first-order chi connectivity index (χ1) is 14.5. The Hall–Kier alpha value is -2.90. The summed E-state index contributed by atoms with van der Waals surface area (Å²) in [5, 5.41) is 11.0. The number of aromatic nitrogens is 1. The van der Waals surface area contributed by atoms with E-state index in [0.717, 1.165) is 24.9 Å². The summed E-state index contributed by atoms with van der Waals surface area (Å²) in [5.41, 5.74) is 3.24. The van der Waals surface area contributed by atoms with Crippen molar-refractivity contribution in [2.75, 3.05) is 16.0 Å². The van der Waals surface area contributed by atoms with Gasteiger partial charge in [0.25, 0.3) is 0 Å². The number of carbonyl (C=O) groups is 2. The van der Waals surface area contributed by atoms with Gasteiger partial charge in [-0.25, -0.2) is 9.78 Å². The predicted octanol–water partition coefficient (Wildman–Crippen LogP) is 5.96. The summed E-state index contributed by atoms with van der Waals surface area (Å²) in [5.74, 6) is -0.154. The van der Waals surface area contributed by atoms with Gasteiger partial charge in [0, 0.05) is 21.8 Å². The van der Waals surface area contributed by atoms with Gasteiger partial charge < -0.3 is 10.6 Å². The molecule has 156 valence electrons. The molecule has 2 aromatic carbocycles. The van der Waals surface area contributed by atoms with Gasteiger partial charge in [0.05, 0.1) is 12.1 Å². The van der Waals surface area contributed by atoms with Crippen molar-refractivity contribution >= 4 is 51.4 Å². The Balaban J connectivity index is 1.47. The van der Waals surface area contributed by atoms with Gasteiger partial charge >= 0.3 is 6.03 Å². The van der Waals surface area contributed by atoms with Crippen molar-refractivity contribution in [3.63, 3.8) is 0 Å². The van der Waals surface area contributed by atoms with Crippen molar-refractivity contribution in [2.24, 2.45) is 0 Å². The van der Waals surface area contributed by atoms with Gasteiger partial charge in [-0.05, 0) is 54.8 Å². The zero-order chi connectivity index (χ0) is 21.3. The molecule has 3 N–H and O–H groups in total. The van der Waals surface area contributed by atoms with E-state index in [0.29, 0.717) is 21.5 Å². The Morgan fingerprint density at radius 2 is 1.63 bits per heavy atom. The van der Waals surface area contributed by atoms with Crippen molar-refractivity contribution in [1.82, 2.24) is 4.98 Å². The zero-order valence-corrected chi connectivity index (χ0v) is 18.1. The zero-order valence-electron chi connectivity index (χ0n) is 16.6. The van der Waals surface area contributed by atoms with Crippen LogP contribution in [0.15, 0.2) is 53.9 Å². The van der Waals surface area contributed by atoms with E-state index in [1.807, 2.05) is 24.3 Å². The first kappa shape index (κ1) is 21.8. The van der Waals surface area contributed by atoms with Crippen LogP contribution in [-0.4, -0.2) is 16.9 Å². The van der Waals surface area contributed by atoms with E-state index in [9.17, 15) is 9.59 Å². The molecule has 0 saturated carbocycles. The largest absolute Gasteiger partial charge is 0.326 e. The maximum absolute atomic E-state index is 12.3. The summed E-state index contributed by atoms with van der Waals surface area (Å²) < 4.78 is 0. The molecule has 0 fully saturated rings. The van der Waals surface area contributed by atoms with Gasteiger partial charge in [-0.1, -0.05) is 37.1 Å². The summed E-state index contributed by atoms with van der Waals surface area (Å²) >= 11 is 7.09. The van der Waals surface area contributed by atoms with Crippen LogP contribution in [0, 0.1) is 0 Å². The first-order valence-electron chi connectivity index (χ1n) is 9.68. The van der Waals surface area contributed by atoms with E-state index < -0.39 is 6.03 Å². The number of aryl methyl sites for hydroxylation is 1. The molecule has 0 spiro atoms. The number of halogens is 1.